The van der Waals surface area contributed by atoms with Crippen LogP contribution in [0.4, 0.5) is 10.1 Å². The molecule has 0 unspecified atom stereocenters. The molecule has 0 aliphatic rings. The molecule has 1 aromatic carbocycles. The molecular weight excluding hydrogens is 243 g/mol. The van der Waals surface area contributed by atoms with Gasteiger partial charge in [-0.3, -0.25) is 4.98 Å². The zero-order chi connectivity index (χ0) is 12.8. The summed E-state index contributed by atoms with van der Waals surface area (Å²) in [4.78, 5) is 4.02. The lowest BCUT2D eigenvalue weighted by Crippen LogP contribution is -2.19. The molecule has 0 aliphatic heterocycles. The molecule has 0 amide bonds. The van der Waals surface area contributed by atoms with Crippen molar-refractivity contribution in [3.8, 4) is 0 Å². The third-order valence-corrected chi connectivity index (χ3v) is 2.83. The first-order valence-corrected chi connectivity index (χ1v) is 5.44. The summed E-state index contributed by atoms with van der Waals surface area (Å²) in [6, 6.07) is 2.44. The maximum absolute atomic E-state index is 13.2. The Balaban J connectivity index is 2.95. The highest BCUT2D eigenvalue weighted by molar-refractivity contribution is 6.35. The molecule has 2 aromatic rings. The number of hydrogen-bond donors (Lipinski definition) is 2. The van der Waals surface area contributed by atoms with E-state index in [2.05, 4.69) is 4.98 Å². The number of halogens is 2. The minimum atomic E-state index is -1.17. The van der Waals surface area contributed by atoms with Crippen molar-refractivity contribution in [1.82, 2.24) is 4.98 Å². The van der Waals surface area contributed by atoms with Gasteiger partial charge in [-0.15, -0.1) is 0 Å². The summed E-state index contributed by atoms with van der Waals surface area (Å²) in [7, 11) is 0. The molecule has 0 spiro atoms. The Labute approximate surface area is 103 Å². The Morgan fingerprint density at radius 2 is 2.06 bits per heavy atom. The summed E-state index contributed by atoms with van der Waals surface area (Å²) in [5.74, 6) is -0.471. The average molecular weight is 255 g/mol. The highest BCUT2D eigenvalue weighted by Gasteiger charge is 2.24. The molecule has 0 saturated carbocycles. The van der Waals surface area contributed by atoms with Crippen LogP contribution in [0.5, 0.6) is 0 Å². The van der Waals surface area contributed by atoms with E-state index in [4.69, 9.17) is 17.3 Å². The Kier molecular flexibility index (Phi) is 2.72. The van der Waals surface area contributed by atoms with Crippen LogP contribution in [0.25, 0.3) is 10.9 Å². The topological polar surface area (TPSA) is 59.1 Å². The Hall–Kier alpha value is -1.39. The average Bonchev–Trinajstić information content (AvgIpc) is 2.16. The SMILES string of the molecule is CC(C)(O)c1c(N)cnc2cc(F)cc(Cl)c12. The number of hydrogen-bond acceptors (Lipinski definition) is 3. The van der Waals surface area contributed by atoms with Crippen LogP contribution in [-0.2, 0) is 5.60 Å². The van der Waals surface area contributed by atoms with Gasteiger partial charge >= 0.3 is 0 Å². The summed E-state index contributed by atoms with van der Waals surface area (Å²) in [5.41, 5.74) is 5.80. The second kappa shape index (κ2) is 3.82. The van der Waals surface area contributed by atoms with Crippen molar-refractivity contribution in [2.75, 3.05) is 5.73 Å². The lowest BCUT2D eigenvalue weighted by atomic mass is 9.93. The molecule has 0 fully saturated rings. The molecule has 5 heteroatoms. The third kappa shape index (κ3) is 2.06. The second-order valence-electron chi connectivity index (χ2n) is 4.43. The molecule has 1 heterocycles. The van der Waals surface area contributed by atoms with Gasteiger partial charge in [0.1, 0.15) is 5.82 Å². The molecule has 0 saturated heterocycles. The highest BCUT2D eigenvalue weighted by Crippen LogP contribution is 2.36. The maximum atomic E-state index is 13.2. The first kappa shape index (κ1) is 12.1. The predicted octanol–water partition coefficient (Wildman–Crippen LogP) is 2.84. The zero-order valence-electron chi connectivity index (χ0n) is 9.46. The normalized spacial score (nSPS) is 12.1. The summed E-state index contributed by atoms with van der Waals surface area (Å²) < 4.78 is 13.2. The maximum Gasteiger partial charge on any atom is 0.126 e. The van der Waals surface area contributed by atoms with Crippen LogP contribution in [-0.4, -0.2) is 10.1 Å². The number of aliphatic hydroxyl groups is 1. The van der Waals surface area contributed by atoms with E-state index in [9.17, 15) is 9.50 Å². The quantitative estimate of drug-likeness (QED) is 0.823. The van der Waals surface area contributed by atoms with Gasteiger partial charge in [-0.1, -0.05) is 11.6 Å². The molecule has 3 nitrogen and oxygen atoms in total. The molecule has 0 radical (unpaired) electrons. The summed E-state index contributed by atoms with van der Waals surface area (Å²) in [6.07, 6.45) is 1.39. The highest BCUT2D eigenvalue weighted by atomic mass is 35.5. The number of nitrogen functional groups attached to an aromatic ring is 1. The first-order valence-electron chi connectivity index (χ1n) is 5.07. The summed E-state index contributed by atoms with van der Waals surface area (Å²) in [6.45, 7) is 3.19. The van der Waals surface area contributed by atoms with Gasteiger partial charge in [-0.2, -0.15) is 0 Å². The van der Waals surface area contributed by atoms with Crippen LogP contribution in [0, 0.1) is 5.82 Å². The molecule has 2 rings (SSSR count). The monoisotopic (exact) mass is 254 g/mol. The molecule has 1 aromatic heterocycles. The fourth-order valence-electron chi connectivity index (χ4n) is 1.92. The van der Waals surface area contributed by atoms with Gasteiger partial charge in [-0.25, -0.2) is 4.39 Å². The van der Waals surface area contributed by atoms with Gasteiger partial charge in [0.2, 0.25) is 0 Å². The number of rotatable bonds is 1. The van der Waals surface area contributed by atoms with Crippen LogP contribution < -0.4 is 5.73 Å². The summed E-state index contributed by atoms with van der Waals surface area (Å²) >= 11 is 6.00. The number of aromatic nitrogens is 1. The van der Waals surface area contributed by atoms with Gasteiger partial charge in [-0.05, 0) is 19.9 Å². The molecule has 3 N–H and O–H groups in total. The first-order chi connectivity index (χ1) is 7.80. The number of nitrogens with zero attached hydrogens (tertiary/aromatic N) is 1. The fourth-order valence-corrected chi connectivity index (χ4v) is 2.21. The standard InChI is InChI=1S/C12H12ClFN2O/c1-12(2,17)11-8(15)5-16-9-4-6(14)3-7(13)10(9)11/h3-5,17H,15H2,1-2H3. The number of nitrogens with two attached hydrogens (primary N) is 1. The number of pyridine rings is 1. The number of anilines is 1. The van der Waals surface area contributed by atoms with Crippen molar-refractivity contribution in [1.29, 1.82) is 0 Å². The Morgan fingerprint density at radius 3 is 2.65 bits per heavy atom. The molecule has 0 aliphatic carbocycles. The largest absolute Gasteiger partial charge is 0.397 e. The Bertz CT molecular complexity index is 593. The van der Waals surface area contributed by atoms with E-state index in [1.165, 1.54) is 18.3 Å². The molecule has 0 atom stereocenters. The lowest BCUT2D eigenvalue weighted by molar-refractivity contribution is 0.0809. The van der Waals surface area contributed by atoms with E-state index in [1.807, 2.05) is 0 Å². The second-order valence-corrected chi connectivity index (χ2v) is 4.84. The van der Waals surface area contributed by atoms with E-state index < -0.39 is 11.4 Å². The van der Waals surface area contributed by atoms with E-state index in [0.717, 1.165) is 0 Å². The zero-order valence-corrected chi connectivity index (χ0v) is 10.2. The van der Waals surface area contributed by atoms with Crippen molar-refractivity contribution >= 4 is 28.2 Å². The van der Waals surface area contributed by atoms with E-state index in [1.54, 1.807) is 13.8 Å². The van der Waals surface area contributed by atoms with Crippen LogP contribution in [0.1, 0.15) is 19.4 Å². The van der Waals surface area contributed by atoms with Crippen molar-refractivity contribution in [2.45, 2.75) is 19.4 Å². The minimum absolute atomic E-state index is 0.192. The van der Waals surface area contributed by atoms with Gasteiger partial charge in [0.25, 0.3) is 0 Å². The predicted molar refractivity (Wildman–Crippen MR) is 66.4 cm³/mol. The third-order valence-electron chi connectivity index (χ3n) is 2.53. The van der Waals surface area contributed by atoms with E-state index >= 15 is 0 Å². The van der Waals surface area contributed by atoms with Crippen LogP contribution >= 0.6 is 11.6 Å². The Morgan fingerprint density at radius 1 is 1.41 bits per heavy atom. The van der Waals surface area contributed by atoms with Gasteiger partial charge in [0.05, 0.1) is 28.0 Å². The molecule has 0 bridgehead atoms. The van der Waals surface area contributed by atoms with Gasteiger partial charge < -0.3 is 10.8 Å². The number of fused-ring (bicyclic) bond motifs is 1. The van der Waals surface area contributed by atoms with E-state index in [0.29, 0.717) is 22.2 Å². The fraction of sp³-hybridized carbons (Fsp3) is 0.250. The minimum Gasteiger partial charge on any atom is -0.397 e. The number of benzene rings is 1. The van der Waals surface area contributed by atoms with Crippen LogP contribution in [0.2, 0.25) is 5.02 Å². The van der Waals surface area contributed by atoms with Crippen LogP contribution in [0.3, 0.4) is 0 Å². The van der Waals surface area contributed by atoms with Gasteiger partial charge in [0, 0.05) is 17.0 Å². The van der Waals surface area contributed by atoms with Gasteiger partial charge in [0.15, 0.2) is 0 Å². The smallest absolute Gasteiger partial charge is 0.126 e. The molecule has 90 valence electrons. The molecular formula is C12H12ClFN2O. The van der Waals surface area contributed by atoms with E-state index in [-0.39, 0.29) is 5.02 Å². The van der Waals surface area contributed by atoms with Crippen molar-refractivity contribution in [3.05, 3.63) is 34.7 Å². The van der Waals surface area contributed by atoms with Crippen molar-refractivity contribution < 1.29 is 9.50 Å². The van der Waals surface area contributed by atoms with Crippen molar-refractivity contribution in [2.24, 2.45) is 0 Å². The molecule has 17 heavy (non-hydrogen) atoms. The lowest BCUT2D eigenvalue weighted by Gasteiger charge is -2.22. The van der Waals surface area contributed by atoms with Crippen LogP contribution in [0.15, 0.2) is 18.3 Å². The van der Waals surface area contributed by atoms with Crippen molar-refractivity contribution in [3.63, 3.8) is 0 Å². The summed E-state index contributed by atoms with van der Waals surface area (Å²) in [5, 5.41) is 10.8.